The molecule has 0 aromatic heterocycles. The first-order chi connectivity index (χ1) is 7.85. The van der Waals surface area contributed by atoms with Gasteiger partial charge in [0, 0.05) is 11.0 Å². The van der Waals surface area contributed by atoms with E-state index in [1.807, 2.05) is 26.0 Å². The highest BCUT2D eigenvalue weighted by Gasteiger charge is 2.19. The molecule has 4 heteroatoms. The molecule has 1 aromatic carbocycles. The number of nitrogens with one attached hydrogen (secondary N) is 1. The lowest BCUT2D eigenvalue weighted by molar-refractivity contribution is 0.0518. The van der Waals surface area contributed by atoms with Gasteiger partial charge in [0.05, 0.1) is 11.2 Å². The number of carbonyl (C=O) groups is 1. The molecule has 0 aliphatic carbocycles. The topological polar surface area (TPSA) is 49.3 Å². The molecule has 0 aliphatic rings. The first-order valence-corrected chi connectivity index (χ1v) is 6.42. The molecule has 0 bridgehead atoms. The molecule has 2 N–H and O–H groups in total. The van der Waals surface area contributed by atoms with E-state index in [4.69, 9.17) is 0 Å². The Morgan fingerprint density at radius 2 is 2.18 bits per heavy atom. The zero-order chi connectivity index (χ0) is 13.1. The highest BCUT2D eigenvalue weighted by molar-refractivity contribution is 9.10. The molecule has 1 amide bonds. The zero-order valence-electron chi connectivity index (χ0n) is 10.4. The van der Waals surface area contributed by atoms with E-state index in [0.717, 1.165) is 10.0 Å². The van der Waals surface area contributed by atoms with E-state index in [1.54, 1.807) is 13.0 Å². The Kier molecular flexibility index (Phi) is 4.71. The number of benzene rings is 1. The van der Waals surface area contributed by atoms with Crippen molar-refractivity contribution in [3.8, 4) is 0 Å². The fraction of sp³-hybridized carbons (Fsp3) is 0.462. The summed E-state index contributed by atoms with van der Waals surface area (Å²) in [5, 5.41) is 12.5. The third-order valence-corrected chi connectivity index (χ3v) is 3.42. The highest BCUT2D eigenvalue weighted by Crippen LogP contribution is 2.18. The van der Waals surface area contributed by atoms with Gasteiger partial charge in [0.1, 0.15) is 0 Å². The van der Waals surface area contributed by atoms with Crippen LogP contribution in [0.25, 0.3) is 0 Å². The fourth-order valence-corrected chi connectivity index (χ4v) is 1.97. The van der Waals surface area contributed by atoms with Crippen molar-refractivity contribution in [3.63, 3.8) is 0 Å². The third-order valence-electron chi connectivity index (χ3n) is 2.76. The van der Waals surface area contributed by atoms with Crippen LogP contribution in [0.2, 0.25) is 0 Å². The van der Waals surface area contributed by atoms with Gasteiger partial charge in [-0.1, -0.05) is 13.0 Å². The number of halogens is 1. The van der Waals surface area contributed by atoms with Crippen LogP contribution in [0.15, 0.2) is 22.7 Å². The number of aliphatic hydroxyl groups is 1. The van der Waals surface area contributed by atoms with E-state index in [0.29, 0.717) is 12.0 Å². The molecule has 0 saturated carbocycles. The molecular weight excluding hydrogens is 282 g/mol. The molecule has 0 spiro atoms. The minimum atomic E-state index is -0.854. The predicted molar refractivity (Wildman–Crippen MR) is 72.1 cm³/mol. The molecule has 0 heterocycles. The summed E-state index contributed by atoms with van der Waals surface area (Å²) >= 11 is 3.36. The van der Waals surface area contributed by atoms with E-state index < -0.39 is 5.60 Å². The maximum atomic E-state index is 11.9. The standard InChI is InChI=1S/C13H18BrNO2/c1-4-13(3,17)8-15-12(16)10-6-5-9(2)7-11(10)14/h5-7,17H,4,8H2,1-3H3,(H,15,16). The Morgan fingerprint density at radius 1 is 1.53 bits per heavy atom. The maximum absolute atomic E-state index is 11.9. The molecule has 0 saturated heterocycles. The van der Waals surface area contributed by atoms with Crippen LogP contribution in [0.4, 0.5) is 0 Å². The summed E-state index contributed by atoms with van der Waals surface area (Å²) in [6.07, 6.45) is 0.600. The minimum Gasteiger partial charge on any atom is -0.388 e. The average molecular weight is 300 g/mol. The van der Waals surface area contributed by atoms with E-state index in [-0.39, 0.29) is 12.5 Å². The number of hydrogen-bond acceptors (Lipinski definition) is 2. The Labute approximate surface area is 110 Å². The van der Waals surface area contributed by atoms with E-state index in [9.17, 15) is 9.90 Å². The monoisotopic (exact) mass is 299 g/mol. The van der Waals surface area contributed by atoms with Crippen molar-refractivity contribution in [1.29, 1.82) is 0 Å². The highest BCUT2D eigenvalue weighted by atomic mass is 79.9. The van der Waals surface area contributed by atoms with Crippen LogP contribution in [-0.4, -0.2) is 23.2 Å². The van der Waals surface area contributed by atoms with E-state index >= 15 is 0 Å². The van der Waals surface area contributed by atoms with Gasteiger partial charge < -0.3 is 10.4 Å². The van der Waals surface area contributed by atoms with Gasteiger partial charge >= 0.3 is 0 Å². The second kappa shape index (κ2) is 5.65. The van der Waals surface area contributed by atoms with Crippen molar-refractivity contribution in [2.45, 2.75) is 32.8 Å². The summed E-state index contributed by atoms with van der Waals surface area (Å²) in [6, 6.07) is 5.56. The first-order valence-electron chi connectivity index (χ1n) is 5.62. The summed E-state index contributed by atoms with van der Waals surface area (Å²) < 4.78 is 0.770. The predicted octanol–water partition coefficient (Wildman–Crippen LogP) is 2.65. The van der Waals surface area contributed by atoms with Gasteiger partial charge in [-0.3, -0.25) is 4.79 Å². The van der Waals surface area contributed by atoms with Gasteiger partial charge in [-0.25, -0.2) is 0 Å². The third kappa shape index (κ3) is 4.13. The van der Waals surface area contributed by atoms with E-state index in [1.165, 1.54) is 0 Å². The Balaban J connectivity index is 2.71. The number of carbonyl (C=O) groups excluding carboxylic acids is 1. The molecule has 0 radical (unpaired) electrons. The Morgan fingerprint density at radius 3 is 2.71 bits per heavy atom. The van der Waals surface area contributed by atoms with Crippen LogP contribution >= 0.6 is 15.9 Å². The first kappa shape index (κ1) is 14.2. The molecular formula is C13H18BrNO2. The van der Waals surface area contributed by atoms with Crippen LogP contribution in [0, 0.1) is 6.92 Å². The molecule has 1 rings (SSSR count). The smallest absolute Gasteiger partial charge is 0.252 e. The molecule has 0 fully saturated rings. The van der Waals surface area contributed by atoms with Gasteiger partial charge in [0.2, 0.25) is 0 Å². The number of rotatable bonds is 4. The van der Waals surface area contributed by atoms with Crippen molar-refractivity contribution in [1.82, 2.24) is 5.32 Å². The Bertz CT molecular complexity index is 416. The van der Waals surface area contributed by atoms with Crippen LogP contribution in [0.3, 0.4) is 0 Å². The second-order valence-corrected chi connectivity index (χ2v) is 5.37. The van der Waals surface area contributed by atoms with Crippen LogP contribution in [-0.2, 0) is 0 Å². The van der Waals surface area contributed by atoms with Crippen LogP contribution in [0.5, 0.6) is 0 Å². The number of hydrogen-bond donors (Lipinski definition) is 2. The SMILES string of the molecule is CCC(C)(O)CNC(=O)c1ccc(C)cc1Br. The summed E-state index contributed by atoms with van der Waals surface area (Å²) in [7, 11) is 0. The van der Waals surface area contributed by atoms with Crippen molar-refractivity contribution in [2.24, 2.45) is 0 Å². The number of amides is 1. The van der Waals surface area contributed by atoms with Gasteiger partial charge in [0.25, 0.3) is 5.91 Å². The average Bonchev–Trinajstić information content (AvgIpc) is 2.26. The van der Waals surface area contributed by atoms with Crippen LogP contribution in [0.1, 0.15) is 36.2 Å². The second-order valence-electron chi connectivity index (χ2n) is 4.52. The molecule has 94 valence electrons. The van der Waals surface area contributed by atoms with Crippen molar-refractivity contribution in [3.05, 3.63) is 33.8 Å². The van der Waals surface area contributed by atoms with Gasteiger partial charge in [-0.15, -0.1) is 0 Å². The molecule has 3 nitrogen and oxygen atoms in total. The van der Waals surface area contributed by atoms with E-state index in [2.05, 4.69) is 21.2 Å². The largest absolute Gasteiger partial charge is 0.388 e. The quantitative estimate of drug-likeness (QED) is 0.898. The van der Waals surface area contributed by atoms with Gasteiger partial charge in [-0.05, 0) is 53.9 Å². The van der Waals surface area contributed by atoms with Crippen LogP contribution < -0.4 is 5.32 Å². The van der Waals surface area contributed by atoms with Crippen molar-refractivity contribution in [2.75, 3.05) is 6.54 Å². The van der Waals surface area contributed by atoms with Crippen molar-refractivity contribution >= 4 is 21.8 Å². The van der Waals surface area contributed by atoms with Crippen molar-refractivity contribution < 1.29 is 9.90 Å². The molecule has 1 aromatic rings. The zero-order valence-corrected chi connectivity index (χ0v) is 12.0. The lowest BCUT2D eigenvalue weighted by atomic mass is 10.0. The summed E-state index contributed by atoms with van der Waals surface area (Å²) in [6.45, 7) is 5.81. The summed E-state index contributed by atoms with van der Waals surface area (Å²) in [5.41, 5.74) is 0.823. The Hall–Kier alpha value is -0.870. The summed E-state index contributed by atoms with van der Waals surface area (Å²) in [5.74, 6) is -0.175. The fourth-order valence-electron chi connectivity index (χ4n) is 1.30. The number of aryl methyl sites for hydroxylation is 1. The normalized spacial score (nSPS) is 14.2. The minimum absolute atomic E-state index is 0.175. The maximum Gasteiger partial charge on any atom is 0.252 e. The summed E-state index contributed by atoms with van der Waals surface area (Å²) in [4.78, 5) is 11.9. The lowest BCUT2D eigenvalue weighted by Gasteiger charge is -2.21. The molecule has 1 unspecified atom stereocenters. The molecule has 17 heavy (non-hydrogen) atoms. The van der Waals surface area contributed by atoms with Gasteiger partial charge in [-0.2, -0.15) is 0 Å². The van der Waals surface area contributed by atoms with Gasteiger partial charge in [0.15, 0.2) is 0 Å². The molecule has 1 atom stereocenters. The molecule has 0 aliphatic heterocycles. The lowest BCUT2D eigenvalue weighted by Crippen LogP contribution is -2.40.